The van der Waals surface area contributed by atoms with Crippen LogP contribution in [0.5, 0.6) is 0 Å². The number of hydrogen-bond donors (Lipinski definition) is 2. The van der Waals surface area contributed by atoms with Gasteiger partial charge in [0.05, 0.1) is 6.10 Å². The van der Waals surface area contributed by atoms with Crippen molar-refractivity contribution in [2.24, 2.45) is 5.92 Å². The second-order valence-electron chi connectivity index (χ2n) is 6.31. The summed E-state index contributed by atoms with van der Waals surface area (Å²) < 4.78 is 0. The number of rotatable bonds is 3. The Morgan fingerprint density at radius 2 is 1.90 bits per heavy atom. The molecule has 2 heterocycles. The molecule has 0 aromatic heterocycles. The van der Waals surface area contributed by atoms with Gasteiger partial charge in [0.25, 0.3) is 0 Å². The first-order chi connectivity index (χ1) is 9.88. The fourth-order valence-corrected chi connectivity index (χ4v) is 3.19. The highest BCUT2D eigenvalue weighted by Gasteiger charge is 2.40. The highest BCUT2D eigenvalue weighted by Crippen LogP contribution is 2.22. The average Bonchev–Trinajstić information content (AvgIpc) is 2.82. The number of carboxylic acids is 1. The number of amides is 2. The molecule has 2 saturated heterocycles. The van der Waals surface area contributed by atoms with E-state index in [2.05, 4.69) is 11.9 Å². The molecular formula is C14H25N3O4. The number of aliphatic hydroxyl groups is 1. The molecule has 2 N–H and O–H groups in total. The number of likely N-dealkylation sites (tertiary alicyclic amines) is 2. The van der Waals surface area contributed by atoms with Crippen molar-refractivity contribution in [2.75, 3.05) is 40.3 Å². The fraction of sp³-hybridized carbons (Fsp3) is 0.857. The first-order valence-electron chi connectivity index (χ1n) is 7.49. The first kappa shape index (κ1) is 16.0. The number of aliphatic carboxylic acids is 1. The van der Waals surface area contributed by atoms with E-state index < -0.39 is 18.1 Å². The molecule has 0 aromatic carbocycles. The lowest BCUT2D eigenvalue weighted by molar-refractivity contribution is -0.141. The Balaban J connectivity index is 1.91. The van der Waals surface area contributed by atoms with Crippen LogP contribution in [0.1, 0.15) is 19.3 Å². The van der Waals surface area contributed by atoms with Crippen LogP contribution in [-0.2, 0) is 4.79 Å². The molecule has 120 valence electrons. The maximum absolute atomic E-state index is 12.4. The molecule has 0 saturated carbocycles. The third-order valence-corrected chi connectivity index (χ3v) is 4.51. The van der Waals surface area contributed by atoms with Crippen molar-refractivity contribution in [3.63, 3.8) is 0 Å². The largest absolute Gasteiger partial charge is 0.480 e. The number of carboxylic acid groups (broad SMARTS) is 1. The van der Waals surface area contributed by atoms with Crippen LogP contribution in [0.15, 0.2) is 0 Å². The number of carbonyl (C=O) groups is 2. The van der Waals surface area contributed by atoms with Gasteiger partial charge in [0.15, 0.2) is 0 Å². The molecule has 2 fully saturated rings. The Morgan fingerprint density at radius 3 is 2.48 bits per heavy atom. The van der Waals surface area contributed by atoms with Gasteiger partial charge in [-0.3, -0.25) is 0 Å². The summed E-state index contributed by atoms with van der Waals surface area (Å²) in [6.07, 6.45) is 1.48. The summed E-state index contributed by atoms with van der Waals surface area (Å²) in [4.78, 5) is 28.7. The maximum atomic E-state index is 12.4. The highest BCUT2D eigenvalue weighted by molar-refractivity contribution is 5.83. The molecule has 0 bridgehead atoms. The number of β-amino-alcohol motifs (C(OH)–C–C–N with tert-alkyl or cyclic N) is 1. The van der Waals surface area contributed by atoms with Gasteiger partial charge < -0.3 is 24.9 Å². The van der Waals surface area contributed by atoms with Crippen molar-refractivity contribution in [3.8, 4) is 0 Å². The van der Waals surface area contributed by atoms with Crippen molar-refractivity contribution >= 4 is 12.0 Å². The normalized spacial score (nSPS) is 27.9. The van der Waals surface area contributed by atoms with Crippen molar-refractivity contribution < 1.29 is 19.8 Å². The van der Waals surface area contributed by atoms with Crippen LogP contribution in [0.25, 0.3) is 0 Å². The SMILES string of the molecule is CN1CCC(CN(C)C(=O)N2C[C@H](O)C[C@H]2C(=O)O)CC1. The lowest BCUT2D eigenvalue weighted by Gasteiger charge is -2.33. The Morgan fingerprint density at radius 1 is 1.29 bits per heavy atom. The molecule has 2 aliphatic rings. The summed E-state index contributed by atoms with van der Waals surface area (Å²) in [7, 11) is 3.80. The first-order valence-corrected chi connectivity index (χ1v) is 7.49. The van der Waals surface area contributed by atoms with Gasteiger partial charge in [-0.25, -0.2) is 9.59 Å². The monoisotopic (exact) mass is 299 g/mol. The minimum atomic E-state index is -1.05. The third kappa shape index (κ3) is 3.85. The molecule has 2 amide bonds. The van der Waals surface area contributed by atoms with Crippen molar-refractivity contribution in [3.05, 3.63) is 0 Å². The summed E-state index contributed by atoms with van der Waals surface area (Å²) in [6, 6.07) is -1.20. The maximum Gasteiger partial charge on any atom is 0.326 e. The number of piperidine rings is 1. The molecule has 0 aliphatic carbocycles. The minimum absolute atomic E-state index is 0.105. The zero-order valence-electron chi connectivity index (χ0n) is 12.7. The number of carbonyl (C=O) groups excluding carboxylic acids is 1. The van der Waals surface area contributed by atoms with E-state index in [-0.39, 0.29) is 19.0 Å². The zero-order valence-corrected chi connectivity index (χ0v) is 12.7. The minimum Gasteiger partial charge on any atom is -0.480 e. The summed E-state index contributed by atoms with van der Waals surface area (Å²) in [5.41, 5.74) is 0. The van der Waals surface area contributed by atoms with E-state index in [1.54, 1.807) is 11.9 Å². The number of urea groups is 1. The molecule has 2 aliphatic heterocycles. The summed E-state index contributed by atoms with van der Waals surface area (Å²) in [5.74, 6) is -0.585. The lowest BCUT2D eigenvalue weighted by Crippen LogP contribution is -2.48. The van der Waals surface area contributed by atoms with Crippen molar-refractivity contribution in [1.82, 2.24) is 14.7 Å². The highest BCUT2D eigenvalue weighted by atomic mass is 16.4. The predicted octanol–water partition coefficient (Wildman–Crippen LogP) is -0.100. The van der Waals surface area contributed by atoms with Crippen LogP contribution in [0, 0.1) is 5.92 Å². The van der Waals surface area contributed by atoms with Crippen LogP contribution in [0.2, 0.25) is 0 Å². The van der Waals surface area contributed by atoms with E-state index in [4.69, 9.17) is 5.11 Å². The third-order valence-electron chi connectivity index (χ3n) is 4.51. The topological polar surface area (TPSA) is 84.3 Å². The smallest absolute Gasteiger partial charge is 0.326 e. The van der Waals surface area contributed by atoms with Gasteiger partial charge in [-0.15, -0.1) is 0 Å². The van der Waals surface area contributed by atoms with Crippen LogP contribution in [0.3, 0.4) is 0 Å². The van der Waals surface area contributed by atoms with Gasteiger partial charge in [0.1, 0.15) is 6.04 Å². The van der Waals surface area contributed by atoms with E-state index in [0.717, 1.165) is 25.9 Å². The van der Waals surface area contributed by atoms with E-state index in [1.807, 2.05) is 0 Å². The van der Waals surface area contributed by atoms with E-state index in [0.29, 0.717) is 12.5 Å². The molecular weight excluding hydrogens is 274 g/mol. The molecule has 7 nitrogen and oxygen atoms in total. The summed E-state index contributed by atoms with van der Waals surface area (Å²) in [5, 5.41) is 18.8. The Hall–Kier alpha value is -1.34. The van der Waals surface area contributed by atoms with E-state index in [9.17, 15) is 14.7 Å². The average molecular weight is 299 g/mol. The molecule has 2 atom stereocenters. The molecule has 0 aromatic rings. The van der Waals surface area contributed by atoms with Crippen molar-refractivity contribution in [2.45, 2.75) is 31.4 Å². The Labute approximate surface area is 125 Å². The number of nitrogens with zero attached hydrogens (tertiary/aromatic N) is 3. The van der Waals surface area contributed by atoms with Crippen LogP contribution in [0.4, 0.5) is 4.79 Å². The van der Waals surface area contributed by atoms with E-state index >= 15 is 0 Å². The van der Waals surface area contributed by atoms with Gasteiger partial charge in [-0.1, -0.05) is 0 Å². The van der Waals surface area contributed by atoms with Gasteiger partial charge in [-0.05, 0) is 38.9 Å². The molecule has 21 heavy (non-hydrogen) atoms. The van der Waals surface area contributed by atoms with Crippen LogP contribution in [-0.4, -0.2) is 89.3 Å². The molecule has 0 radical (unpaired) electrons. The summed E-state index contributed by atoms with van der Waals surface area (Å²) >= 11 is 0. The standard InChI is InChI=1S/C14H25N3O4/c1-15-5-3-10(4-6-15)8-16(2)14(21)17-9-11(18)7-12(17)13(19)20/h10-12,18H,3-9H2,1-2H3,(H,19,20)/t11-,12+/m1/s1. The second kappa shape index (κ2) is 6.62. The van der Waals surface area contributed by atoms with Gasteiger partial charge >= 0.3 is 12.0 Å². The Kier molecular flexibility index (Phi) is 5.05. The molecule has 0 spiro atoms. The van der Waals surface area contributed by atoms with E-state index in [1.165, 1.54) is 4.90 Å². The number of hydrogen-bond acceptors (Lipinski definition) is 4. The quantitative estimate of drug-likeness (QED) is 0.760. The second-order valence-corrected chi connectivity index (χ2v) is 6.31. The van der Waals surface area contributed by atoms with Crippen LogP contribution < -0.4 is 0 Å². The van der Waals surface area contributed by atoms with Gasteiger partial charge in [0.2, 0.25) is 0 Å². The fourth-order valence-electron chi connectivity index (χ4n) is 3.19. The number of aliphatic hydroxyl groups excluding tert-OH is 1. The lowest BCUT2D eigenvalue weighted by atomic mass is 9.97. The van der Waals surface area contributed by atoms with Crippen molar-refractivity contribution in [1.29, 1.82) is 0 Å². The molecule has 7 heteroatoms. The molecule has 2 rings (SSSR count). The summed E-state index contributed by atoms with van der Waals surface area (Å²) in [6.45, 7) is 2.82. The van der Waals surface area contributed by atoms with Gasteiger partial charge in [-0.2, -0.15) is 0 Å². The molecule has 0 unspecified atom stereocenters. The van der Waals surface area contributed by atoms with Crippen LogP contribution >= 0.6 is 0 Å². The van der Waals surface area contributed by atoms with Gasteiger partial charge in [0, 0.05) is 26.6 Å². The Bertz CT molecular complexity index is 396. The predicted molar refractivity (Wildman–Crippen MR) is 77.0 cm³/mol. The zero-order chi connectivity index (χ0) is 15.6.